The molecular formula is C23H29N5O4S. The van der Waals surface area contributed by atoms with E-state index in [4.69, 9.17) is 9.47 Å². The normalized spacial score (nSPS) is 16.2. The number of amides is 2. The van der Waals surface area contributed by atoms with Crippen molar-refractivity contribution in [2.24, 2.45) is 5.92 Å². The highest BCUT2D eigenvalue weighted by Gasteiger charge is 2.30. The molecular weight excluding hydrogens is 442 g/mol. The first-order valence-electron chi connectivity index (χ1n) is 11.1. The third-order valence-corrected chi connectivity index (χ3v) is 6.69. The summed E-state index contributed by atoms with van der Waals surface area (Å²) in [6.07, 6.45) is 3.88. The van der Waals surface area contributed by atoms with E-state index >= 15 is 0 Å². The van der Waals surface area contributed by atoms with Crippen LogP contribution in [0.1, 0.15) is 25.7 Å². The number of nitrogens with zero attached hydrogens (tertiary/aromatic N) is 3. The molecule has 0 spiro atoms. The van der Waals surface area contributed by atoms with Crippen LogP contribution in [-0.4, -0.2) is 61.1 Å². The fourth-order valence-electron chi connectivity index (χ4n) is 3.70. The van der Waals surface area contributed by atoms with Crippen molar-refractivity contribution in [2.75, 3.05) is 43.3 Å². The number of methoxy groups -OCH3 is 2. The molecule has 2 N–H and O–H groups in total. The lowest BCUT2D eigenvalue weighted by atomic mass is 9.96. The largest absolute Gasteiger partial charge is 0.497 e. The molecule has 0 atom stereocenters. The Hall–Kier alpha value is -3.01. The van der Waals surface area contributed by atoms with E-state index in [1.807, 2.05) is 12.1 Å². The molecule has 33 heavy (non-hydrogen) atoms. The van der Waals surface area contributed by atoms with Crippen molar-refractivity contribution in [3.05, 3.63) is 30.3 Å². The molecule has 2 aromatic rings. The Kier molecular flexibility index (Phi) is 7.54. The molecule has 1 aliphatic heterocycles. The quantitative estimate of drug-likeness (QED) is 0.538. The predicted octanol–water partition coefficient (Wildman–Crippen LogP) is 2.72. The molecule has 2 aliphatic rings. The van der Waals surface area contributed by atoms with Crippen molar-refractivity contribution in [3.8, 4) is 11.5 Å². The zero-order valence-corrected chi connectivity index (χ0v) is 19.7. The molecule has 4 rings (SSSR count). The van der Waals surface area contributed by atoms with E-state index in [9.17, 15) is 9.59 Å². The standard InChI is InChI=1S/C23H29N5O4S/c1-31-17-5-6-18(19(13-17)32-2)25-21(29)14-33-22-8-7-20(26-27-22)28-11-9-15(10-12-28)23(30)24-16-3-4-16/h5-8,13,15-16H,3-4,9-12,14H2,1-2H3,(H,24,30)(H,25,29). The van der Waals surface area contributed by atoms with Crippen LogP contribution in [0.15, 0.2) is 35.4 Å². The van der Waals surface area contributed by atoms with E-state index in [0.29, 0.717) is 28.3 Å². The Morgan fingerprint density at radius 3 is 2.48 bits per heavy atom. The van der Waals surface area contributed by atoms with Gasteiger partial charge in [-0.3, -0.25) is 9.59 Å². The number of rotatable bonds is 9. The second-order valence-electron chi connectivity index (χ2n) is 8.18. The lowest BCUT2D eigenvalue weighted by Gasteiger charge is -2.31. The first-order valence-corrected chi connectivity index (χ1v) is 12.1. The van der Waals surface area contributed by atoms with Crippen LogP contribution in [-0.2, 0) is 9.59 Å². The zero-order valence-electron chi connectivity index (χ0n) is 18.9. The number of thioether (sulfide) groups is 1. The number of ether oxygens (including phenoxy) is 2. The van der Waals surface area contributed by atoms with Crippen molar-refractivity contribution in [1.29, 1.82) is 0 Å². The van der Waals surface area contributed by atoms with Crippen LogP contribution in [0.3, 0.4) is 0 Å². The van der Waals surface area contributed by atoms with Gasteiger partial charge in [0.15, 0.2) is 5.82 Å². The number of hydrogen-bond donors (Lipinski definition) is 2. The summed E-state index contributed by atoms with van der Waals surface area (Å²) in [6, 6.07) is 9.43. The van der Waals surface area contributed by atoms with Gasteiger partial charge in [0.2, 0.25) is 11.8 Å². The zero-order chi connectivity index (χ0) is 23.2. The maximum Gasteiger partial charge on any atom is 0.234 e. The van der Waals surface area contributed by atoms with E-state index in [1.165, 1.54) is 11.8 Å². The lowest BCUT2D eigenvalue weighted by Crippen LogP contribution is -2.41. The molecule has 1 saturated carbocycles. The van der Waals surface area contributed by atoms with Crippen LogP contribution in [0, 0.1) is 5.92 Å². The third-order valence-electron chi connectivity index (χ3n) is 5.77. The number of benzene rings is 1. The van der Waals surface area contributed by atoms with Gasteiger partial charge in [-0.1, -0.05) is 11.8 Å². The van der Waals surface area contributed by atoms with Crippen molar-refractivity contribution in [2.45, 2.75) is 36.8 Å². The molecule has 176 valence electrons. The first-order chi connectivity index (χ1) is 16.1. The first kappa shape index (κ1) is 23.2. The highest BCUT2D eigenvalue weighted by atomic mass is 32.2. The summed E-state index contributed by atoms with van der Waals surface area (Å²) in [7, 11) is 3.12. The fourth-order valence-corrected chi connectivity index (χ4v) is 4.32. The van der Waals surface area contributed by atoms with Gasteiger partial charge < -0.3 is 25.0 Å². The Morgan fingerprint density at radius 2 is 1.85 bits per heavy atom. The highest BCUT2D eigenvalue weighted by Crippen LogP contribution is 2.29. The van der Waals surface area contributed by atoms with Crippen LogP contribution in [0.4, 0.5) is 11.5 Å². The van der Waals surface area contributed by atoms with Gasteiger partial charge in [-0.15, -0.1) is 10.2 Å². The number of nitrogens with one attached hydrogen (secondary N) is 2. The summed E-state index contributed by atoms with van der Waals surface area (Å²) in [5.41, 5.74) is 0.583. The smallest absolute Gasteiger partial charge is 0.234 e. The summed E-state index contributed by atoms with van der Waals surface area (Å²) >= 11 is 1.32. The minimum Gasteiger partial charge on any atom is -0.497 e. The number of anilines is 2. The summed E-state index contributed by atoms with van der Waals surface area (Å²) in [6.45, 7) is 1.58. The van der Waals surface area contributed by atoms with Gasteiger partial charge in [0.25, 0.3) is 0 Å². The number of carbonyl (C=O) groups is 2. The summed E-state index contributed by atoms with van der Waals surface area (Å²) < 4.78 is 10.5. The average molecular weight is 472 g/mol. The van der Waals surface area contributed by atoms with Gasteiger partial charge >= 0.3 is 0 Å². The predicted molar refractivity (Wildman–Crippen MR) is 127 cm³/mol. The number of aromatic nitrogens is 2. The number of hydrogen-bond acceptors (Lipinski definition) is 8. The maximum absolute atomic E-state index is 12.4. The minimum absolute atomic E-state index is 0.0903. The second-order valence-corrected chi connectivity index (χ2v) is 9.17. The van der Waals surface area contributed by atoms with E-state index < -0.39 is 0 Å². The van der Waals surface area contributed by atoms with Gasteiger partial charge in [-0.25, -0.2) is 0 Å². The Bertz CT molecular complexity index is 975. The molecule has 0 radical (unpaired) electrons. The van der Waals surface area contributed by atoms with Crippen LogP contribution in [0.5, 0.6) is 11.5 Å². The van der Waals surface area contributed by atoms with Crippen molar-refractivity contribution in [3.63, 3.8) is 0 Å². The second kappa shape index (κ2) is 10.7. The Morgan fingerprint density at radius 1 is 1.06 bits per heavy atom. The van der Waals surface area contributed by atoms with E-state index in [1.54, 1.807) is 32.4 Å². The lowest BCUT2D eigenvalue weighted by molar-refractivity contribution is -0.125. The molecule has 2 fully saturated rings. The van der Waals surface area contributed by atoms with Crippen LogP contribution < -0.4 is 25.0 Å². The number of carbonyl (C=O) groups excluding carboxylic acids is 2. The van der Waals surface area contributed by atoms with E-state index in [2.05, 4.69) is 25.7 Å². The van der Waals surface area contributed by atoms with Gasteiger partial charge in [0.1, 0.15) is 16.5 Å². The van der Waals surface area contributed by atoms with E-state index in [0.717, 1.165) is 44.6 Å². The van der Waals surface area contributed by atoms with Gasteiger partial charge in [0, 0.05) is 31.1 Å². The van der Waals surface area contributed by atoms with Gasteiger partial charge in [-0.2, -0.15) is 0 Å². The minimum atomic E-state index is -0.166. The third kappa shape index (κ3) is 6.28. The van der Waals surface area contributed by atoms with Crippen LogP contribution in [0.25, 0.3) is 0 Å². The van der Waals surface area contributed by atoms with Crippen LogP contribution >= 0.6 is 11.8 Å². The van der Waals surface area contributed by atoms with E-state index in [-0.39, 0.29) is 23.5 Å². The average Bonchev–Trinajstić information content (AvgIpc) is 3.67. The van der Waals surface area contributed by atoms with Gasteiger partial charge in [-0.05, 0) is 49.9 Å². The molecule has 2 amide bonds. The topological polar surface area (TPSA) is 106 Å². The molecule has 2 heterocycles. The SMILES string of the molecule is COc1ccc(NC(=O)CSc2ccc(N3CCC(C(=O)NC4CC4)CC3)nn2)c(OC)c1. The number of piperidine rings is 1. The fraction of sp³-hybridized carbons (Fsp3) is 0.478. The Labute approximate surface area is 197 Å². The molecule has 1 aromatic heterocycles. The maximum atomic E-state index is 12.4. The Balaban J connectivity index is 1.23. The summed E-state index contributed by atoms with van der Waals surface area (Å²) in [4.78, 5) is 26.8. The van der Waals surface area contributed by atoms with Crippen molar-refractivity contribution < 1.29 is 19.1 Å². The molecule has 1 saturated heterocycles. The molecule has 1 aliphatic carbocycles. The highest BCUT2D eigenvalue weighted by molar-refractivity contribution is 7.99. The summed E-state index contributed by atoms with van der Waals surface area (Å²) in [5.74, 6) is 2.30. The molecule has 10 heteroatoms. The van der Waals surface area contributed by atoms with Crippen molar-refractivity contribution >= 4 is 35.1 Å². The summed E-state index contributed by atoms with van der Waals surface area (Å²) in [5, 5.41) is 15.2. The van der Waals surface area contributed by atoms with Crippen LogP contribution in [0.2, 0.25) is 0 Å². The molecule has 1 aromatic carbocycles. The van der Waals surface area contributed by atoms with Crippen molar-refractivity contribution in [1.82, 2.24) is 15.5 Å². The molecule has 9 nitrogen and oxygen atoms in total. The monoisotopic (exact) mass is 471 g/mol. The molecule has 0 unspecified atom stereocenters. The van der Waals surface area contributed by atoms with Gasteiger partial charge in [0.05, 0.1) is 25.7 Å². The molecule has 0 bridgehead atoms.